The maximum absolute atomic E-state index is 15.0. The van der Waals surface area contributed by atoms with Gasteiger partial charge < -0.3 is 15.0 Å². The third-order valence-corrected chi connectivity index (χ3v) is 7.65. The van der Waals surface area contributed by atoms with Crippen LogP contribution in [-0.4, -0.2) is 52.6 Å². The van der Waals surface area contributed by atoms with Crippen LogP contribution in [0, 0.1) is 5.82 Å². The highest BCUT2D eigenvalue weighted by Crippen LogP contribution is 2.30. The quantitative estimate of drug-likeness (QED) is 0.329. The Morgan fingerprint density at radius 2 is 1.97 bits per heavy atom. The predicted molar refractivity (Wildman–Crippen MR) is 138 cm³/mol. The lowest BCUT2D eigenvalue weighted by atomic mass is 10.0. The van der Waals surface area contributed by atoms with Gasteiger partial charge in [0.1, 0.15) is 35.1 Å². The van der Waals surface area contributed by atoms with Crippen LogP contribution in [0.3, 0.4) is 0 Å². The fourth-order valence-electron chi connectivity index (χ4n) is 4.35. The monoisotopic (exact) mass is 521 g/mol. The lowest BCUT2D eigenvalue weighted by Gasteiger charge is -2.31. The molecule has 9 nitrogen and oxygen atoms in total. The Bertz CT molecular complexity index is 1570. The van der Waals surface area contributed by atoms with E-state index in [1.807, 2.05) is 6.07 Å². The minimum atomic E-state index is -3.55. The summed E-state index contributed by atoms with van der Waals surface area (Å²) in [6.07, 6.45) is 4.17. The Balaban J connectivity index is 1.42. The van der Waals surface area contributed by atoms with Crippen LogP contribution < -0.4 is 10.1 Å². The molecule has 11 heteroatoms. The van der Waals surface area contributed by atoms with Crippen molar-refractivity contribution in [2.45, 2.75) is 18.9 Å². The van der Waals surface area contributed by atoms with Crippen LogP contribution in [0.1, 0.15) is 28.8 Å². The van der Waals surface area contributed by atoms with E-state index in [9.17, 15) is 13.2 Å². The van der Waals surface area contributed by atoms with Gasteiger partial charge in [-0.05, 0) is 37.1 Å². The third-order valence-electron chi connectivity index (χ3n) is 6.17. The van der Waals surface area contributed by atoms with Crippen LogP contribution in [0.4, 0.5) is 10.2 Å². The molecule has 4 aromatic rings. The highest BCUT2D eigenvalue weighted by Gasteiger charge is 2.28. The van der Waals surface area contributed by atoms with Gasteiger partial charge in [0.15, 0.2) is 5.78 Å². The van der Waals surface area contributed by atoms with Crippen LogP contribution in [0.25, 0.3) is 11.0 Å². The van der Waals surface area contributed by atoms with Gasteiger partial charge in [-0.3, -0.25) is 4.79 Å². The van der Waals surface area contributed by atoms with E-state index >= 15 is 4.39 Å². The van der Waals surface area contributed by atoms with E-state index in [-0.39, 0.29) is 29.5 Å². The van der Waals surface area contributed by atoms with Gasteiger partial charge in [-0.15, -0.1) is 0 Å². The van der Waals surface area contributed by atoms with Gasteiger partial charge in [0, 0.05) is 36.8 Å². The van der Waals surface area contributed by atoms with Gasteiger partial charge in [0.2, 0.25) is 10.0 Å². The topological polar surface area (TPSA) is 117 Å². The first kappa shape index (κ1) is 24.6. The molecule has 0 amide bonds. The molecule has 0 bridgehead atoms. The summed E-state index contributed by atoms with van der Waals surface area (Å²) in [4.78, 5) is 24.8. The standard InChI is InChI=1S/C26H24FN5O4S/c1-2-37(34,35)32-12-6-7-17(15-32)31-26-23-21(14-28-25(23)29-16-30-26)24(33)20-11-10-19(13-22(20)27)36-18-8-4-3-5-9-18/h2-5,8-11,13-14,16-17H,1,6-7,12,15H2,(H2,28,29,30,31). The summed E-state index contributed by atoms with van der Waals surface area (Å²) in [5.74, 6) is -0.0974. The van der Waals surface area contributed by atoms with Crippen molar-refractivity contribution in [3.8, 4) is 11.5 Å². The van der Waals surface area contributed by atoms with Crippen molar-refractivity contribution in [2.24, 2.45) is 0 Å². The van der Waals surface area contributed by atoms with E-state index in [2.05, 4.69) is 26.8 Å². The lowest BCUT2D eigenvalue weighted by molar-refractivity contribution is 0.103. The number of ether oxygens (including phenoxy) is 1. The predicted octanol–water partition coefficient (Wildman–Crippen LogP) is 4.47. The van der Waals surface area contributed by atoms with E-state index in [4.69, 9.17) is 4.74 Å². The number of sulfonamides is 1. The Morgan fingerprint density at radius 3 is 2.73 bits per heavy atom. The summed E-state index contributed by atoms with van der Waals surface area (Å²) in [7, 11) is -3.55. The molecule has 1 unspecified atom stereocenters. The second-order valence-corrected chi connectivity index (χ2v) is 10.5. The molecule has 190 valence electrons. The van der Waals surface area contributed by atoms with Crippen LogP contribution in [0.5, 0.6) is 11.5 Å². The van der Waals surface area contributed by atoms with Crippen molar-refractivity contribution in [3.05, 3.63) is 90.0 Å². The average Bonchev–Trinajstić information content (AvgIpc) is 3.35. The van der Waals surface area contributed by atoms with Crippen molar-refractivity contribution in [1.29, 1.82) is 0 Å². The van der Waals surface area contributed by atoms with E-state index in [0.717, 1.165) is 5.41 Å². The minimum Gasteiger partial charge on any atom is -0.457 e. The summed E-state index contributed by atoms with van der Waals surface area (Å²) in [5.41, 5.74) is 0.466. The van der Waals surface area contributed by atoms with Gasteiger partial charge >= 0.3 is 0 Å². The number of hydrogen-bond acceptors (Lipinski definition) is 7. The van der Waals surface area contributed by atoms with E-state index in [1.165, 1.54) is 35.0 Å². The molecule has 0 radical (unpaired) electrons. The van der Waals surface area contributed by atoms with Gasteiger partial charge in [0.05, 0.1) is 16.5 Å². The fraction of sp³-hybridized carbons (Fsp3) is 0.192. The van der Waals surface area contributed by atoms with Crippen molar-refractivity contribution in [2.75, 3.05) is 18.4 Å². The van der Waals surface area contributed by atoms with Crippen molar-refractivity contribution in [3.63, 3.8) is 0 Å². The molecular weight excluding hydrogens is 497 g/mol. The molecular formula is C26H24FN5O4S. The summed E-state index contributed by atoms with van der Waals surface area (Å²) in [6, 6.07) is 12.8. The second-order valence-electron chi connectivity index (χ2n) is 8.59. The van der Waals surface area contributed by atoms with Gasteiger partial charge in [-0.1, -0.05) is 24.8 Å². The van der Waals surface area contributed by atoms with Crippen molar-refractivity contribution >= 4 is 32.7 Å². The number of aromatic nitrogens is 3. The third kappa shape index (κ3) is 5.09. The maximum Gasteiger partial charge on any atom is 0.235 e. The van der Waals surface area contributed by atoms with Crippen molar-refractivity contribution in [1.82, 2.24) is 19.3 Å². The molecule has 5 rings (SSSR count). The first-order chi connectivity index (χ1) is 17.9. The first-order valence-electron chi connectivity index (χ1n) is 11.6. The smallest absolute Gasteiger partial charge is 0.235 e. The molecule has 1 aliphatic rings. The molecule has 1 fully saturated rings. The Hall–Kier alpha value is -4.09. The molecule has 2 aromatic carbocycles. The summed E-state index contributed by atoms with van der Waals surface area (Å²) in [6.45, 7) is 4.03. The molecule has 3 heterocycles. The number of piperidine rings is 1. The summed E-state index contributed by atoms with van der Waals surface area (Å²) in [5, 5.41) is 4.60. The molecule has 1 saturated heterocycles. The Morgan fingerprint density at radius 1 is 1.16 bits per heavy atom. The number of nitrogens with zero attached hydrogens (tertiary/aromatic N) is 3. The van der Waals surface area contributed by atoms with Crippen molar-refractivity contribution < 1.29 is 22.3 Å². The molecule has 0 spiro atoms. The number of benzene rings is 2. The molecule has 0 saturated carbocycles. The Kier molecular flexibility index (Phi) is 6.72. The number of nitrogens with one attached hydrogen (secondary N) is 2. The SMILES string of the molecule is C=CS(=O)(=O)N1CCCC(Nc2ncnc3[nH]cc(C(=O)c4ccc(Oc5ccccc5)cc4F)c23)C1. The number of aromatic amines is 1. The summed E-state index contributed by atoms with van der Waals surface area (Å²) >= 11 is 0. The maximum atomic E-state index is 15.0. The number of H-pyrrole nitrogens is 1. The van der Waals surface area contributed by atoms with Crippen LogP contribution >= 0.6 is 0 Å². The number of anilines is 1. The van der Waals surface area contributed by atoms with Crippen LogP contribution in [0.2, 0.25) is 0 Å². The molecule has 2 N–H and O–H groups in total. The number of carbonyl (C=O) groups is 1. The molecule has 2 aromatic heterocycles. The van der Waals surface area contributed by atoms with Crippen LogP contribution in [0.15, 0.2) is 73.0 Å². The van der Waals surface area contributed by atoms with Gasteiger partial charge in [-0.2, -0.15) is 4.31 Å². The molecule has 1 atom stereocenters. The second kappa shape index (κ2) is 10.1. The number of halogens is 1. The number of rotatable bonds is 8. The fourth-order valence-corrected chi connectivity index (χ4v) is 5.34. The number of fused-ring (bicyclic) bond motifs is 1. The minimum absolute atomic E-state index is 0.128. The highest BCUT2D eigenvalue weighted by molar-refractivity contribution is 7.92. The van der Waals surface area contributed by atoms with Gasteiger partial charge in [-0.25, -0.2) is 22.8 Å². The molecule has 37 heavy (non-hydrogen) atoms. The zero-order valence-corrected chi connectivity index (χ0v) is 20.5. The summed E-state index contributed by atoms with van der Waals surface area (Å²) < 4.78 is 46.5. The van der Waals surface area contributed by atoms with Crippen LogP contribution in [-0.2, 0) is 10.0 Å². The number of para-hydroxylation sites is 1. The highest BCUT2D eigenvalue weighted by atomic mass is 32.2. The van der Waals surface area contributed by atoms with E-state index < -0.39 is 21.6 Å². The van der Waals surface area contributed by atoms with E-state index in [0.29, 0.717) is 42.0 Å². The molecule has 0 aliphatic carbocycles. The zero-order valence-electron chi connectivity index (χ0n) is 19.7. The first-order valence-corrected chi connectivity index (χ1v) is 13.1. The lowest BCUT2D eigenvalue weighted by Crippen LogP contribution is -2.44. The Labute approximate surface area is 213 Å². The zero-order chi connectivity index (χ0) is 26.0. The normalized spacial score (nSPS) is 16.4. The number of hydrogen-bond donors (Lipinski definition) is 2. The van der Waals surface area contributed by atoms with Gasteiger partial charge in [0.25, 0.3) is 0 Å². The molecule has 1 aliphatic heterocycles. The largest absolute Gasteiger partial charge is 0.457 e. The number of carbonyl (C=O) groups excluding carboxylic acids is 1. The average molecular weight is 522 g/mol. The van der Waals surface area contributed by atoms with E-state index in [1.54, 1.807) is 24.3 Å². The number of ketones is 1.